The van der Waals surface area contributed by atoms with Gasteiger partial charge in [-0.05, 0) is 30.7 Å². The van der Waals surface area contributed by atoms with Gasteiger partial charge in [0.2, 0.25) is 5.91 Å². The number of rotatable bonds is 6. The zero-order valence-corrected chi connectivity index (χ0v) is 14.8. The third-order valence-corrected chi connectivity index (χ3v) is 4.26. The molecule has 0 aliphatic carbocycles. The number of nitrogens with one attached hydrogen (secondary N) is 2. The molecule has 1 aromatic heterocycles. The summed E-state index contributed by atoms with van der Waals surface area (Å²) in [6.45, 7) is 4.85. The average molecular weight is 356 g/mol. The third-order valence-electron chi connectivity index (χ3n) is 4.26. The lowest BCUT2D eigenvalue weighted by Crippen LogP contribution is -2.34. The summed E-state index contributed by atoms with van der Waals surface area (Å²) in [6.07, 6.45) is 0. The number of aryl methyl sites for hydroxylation is 1. The molecule has 2 N–H and O–H groups in total. The van der Waals surface area contributed by atoms with Crippen molar-refractivity contribution in [2.24, 2.45) is 0 Å². The van der Waals surface area contributed by atoms with Gasteiger partial charge in [0, 0.05) is 32.1 Å². The fraction of sp³-hybridized carbons (Fsp3) is 0.316. The summed E-state index contributed by atoms with van der Waals surface area (Å²) in [5.41, 5.74) is 2.69. The van der Waals surface area contributed by atoms with Crippen LogP contribution in [0.25, 0.3) is 0 Å². The van der Waals surface area contributed by atoms with Crippen LogP contribution < -0.4 is 10.6 Å². The lowest BCUT2D eigenvalue weighted by Gasteiger charge is -2.14. The van der Waals surface area contributed by atoms with Crippen LogP contribution in [0.4, 0.5) is 10.2 Å². The van der Waals surface area contributed by atoms with Crippen LogP contribution in [0.5, 0.6) is 0 Å². The normalized spacial score (nSPS) is 12.9. The Bertz CT molecular complexity index is 853. The average Bonchev–Trinajstić information content (AvgIpc) is 2.89. The van der Waals surface area contributed by atoms with E-state index in [1.165, 1.54) is 13.0 Å². The van der Waals surface area contributed by atoms with Crippen LogP contribution in [-0.2, 0) is 17.9 Å². The van der Waals surface area contributed by atoms with Crippen LogP contribution in [0.15, 0.2) is 30.3 Å². The first-order valence-electron chi connectivity index (χ1n) is 8.46. The maximum atomic E-state index is 13.9. The van der Waals surface area contributed by atoms with Gasteiger partial charge >= 0.3 is 0 Å². The number of fused-ring (bicyclic) bond motifs is 1. The summed E-state index contributed by atoms with van der Waals surface area (Å²) in [5.74, 6) is 0.134. The van der Waals surface area contributed by atoms with E-state index in [1.807, 2.05) is 13.0 Å². The number of halogens is 1. The maximum Gasteiger partial charge on any atom is 0.256 e. The number of carbonyl (C=O) groups is 2. The lowest BCUT2D eigenvalue weighted by molar-refractivity contribution is -0.119. The number of anilines is 1. The highest BCUT2D eigenvalue weighted by Gasteiger charge is 2.28. The summed E-state index contributed by atoms with van der Waals surface area (Å²) in [7, 11) is 0. The number of amides is 2. The van der Waals surface area contributed by atoms with E-state index in [9.17, 15) is 14.0 Å². The molecular weight excluding hydrogens is 335 g/mol. The van der Waals surface area contributed by atoms with Gasteiger partial charge in [0.15, 0.2) is 0 Å². The van der Waals surface area contributed by atoms with Crippen LogP contribution in [0.3, 0.4) is 0 Å². The lowest BCUT2D eigenvalue weighted by atomic mass is 10.1. The molecule has 2 aromatic rings. The molecule has 0 radical (unpaired) electrons. The smallest absolute Gasteiger partial charge is 0.256 e. The van der Waals surface area contributed by atoms with E-state index in [1.54, 1.807) is 23.1 Å². The predicted molar refractivity (Wildman–Crippen MR) is 96.1 cm³/mol. The second kappa shape index (κ2) is 7.51. The Labute approximate surface area is 151 Å². The number of nitrogens with zero attached hydrogens (tertiary/aromatic N) is 2. The first kappa shape index (κ1) is 17.8. The van der Waals surface area contributed by atoms with Gasteiger partial charge in [-0.2, -0.15) is 0 Å². The van der Waals surface area contributed by atoms with Crippen LogP contribution in [0.2, 0.25) is 0 Å². The van der Waals surface area contributed by atoms with E-state index < -0.39 is 0 Å². The molecule has 0 saturated carbocycles. The number of aromatic nitrogens is 1. The Morgan fingerprint density at radius 3 is 2.85 bits per heavy atom. The number of benzene rings is 1. The molecule has 1 aromatic carbocycles. The molecule has 1 aliphatic rings. The van der Waals surface area contributed by atoms with Crippen molar-refractivity contribution in [1.82, 2.24) is 15.2 Å². The molecular formula is C19H21FN4O2. The molecule has 136 valence electrons. The first-order valence-corrected chi connectivity index (χ1v) is 8.46. The zero-order chi connectivity index (χ0) is 18.7. The molecule has 0 bridgehead atoms. The zero-order valence-electron chi connectivity index (χ0n) is 14.8. The van der Waals surface area contributed by atoms with Crippen molar-refractivity contribution in [2.75, 3.05) is 18.4 Å². The quantitative estimate of drug-likeness (QED) is 0.832. The summed E-state index contributed by atoms with van der Waals surface area (Å²) in [4.78, 5) is 29.4. The van der Waals surface area contributed by atoms with Crippen molar-refractivity contribution >= 4 is 17.6 Å². The van der Waals surface area contributed by atoms with Gasteiger partial charge in [0.05, 0.1) is 17.8 Å². The third kappa shape index (κ3) is 3.99. The Hall–Kier alpha value is -2.96. The SMILES string of the molecule is CC(=O)NCCN1Cc2nc(NCc3ccc(C)cc3F)ccc2C1=O. The second-order valence-corrected chi connectivity index (χ2v) is 6.35. The van der Waals surface area contributed by atoms with Crippen LogP contribution >= 0.6 is 0 Å². The second-order valence-electron chi connectivity index (χ2n) is 6.35. The van der Waals surface area contributed by atoms with Gasteiger partial charge < -0.3 is 15.5 Å². The molecule has 1 aliphatic heterocycles. The van der Waals surface area contributed by atoms with Gasteiger partial charge in [-0.3, -0.25) is 9.59 Å². The minimum atomic E-state index is -0.252. The highest BCUT2D eigenvalue weighted by Crippen LogP contribution is 2.23. The van der Waals surface area contributed by atoms with Crippen molar-refractivity contribution in [3.8, 4) is 0 Å². The molecule has 0 spiro atoms. The van der Waals surface area contributed by atoms with E-state index in [4.69, 9.17) is 0 Å². The number of pyridine rings is 1. The molecule has 0 fully saturated rings. The number of hydrogen-bond acceptors (Lipinski definition) is 4. The monoisotopic (exact) mass is 356 g/mol. The highest BCUT2D eigenvalue weighted by atomic mass is 19.1. The van der Waals surface area contributed by atoms with Crippen molar-refractivity contribution in [2.45, 2.75) is 26.9 Å². The minimum Gasteiger partial charge on any atom is -0.366 e. The van der Waals surface area contributed by atoms with Crippen molar-refractivity contribution in [1.29, 1.82) is 0 Å². The van der Waals surface area contributed by atoms with Crippen LogP contribution in [0, 0.1) is 12.7 Å². The predicted octanol–water partition coefficient (Wildman–Crippen LogP) is 2.23. The molecule has 26 heavy (non-hydrogen) atoms. The van der Waals surface area contributed by atoms with Crippen molar-refractivity contribution in [3.63, 3.8) is 0 Å². The van der Waals surface area contributed by atoms with E-state index >= 15 is 0 Å². The minimum absolute atomic E-state index is 0.0889. The Morgan fingerprint density at radius 1 is 1.31 bits per heavy atom. The standard InChI is InChI=1S/C19H21FN4O2/c1-12-3-4-14(16(20)9-12)10-22-18-6-5-15-17(23-18)11-24(19(15)26)8-7-21-13(2)25/h3-6,9H,7-8,10-11H2,1-2H3,(H,21,25)(H,22,23). The van der Waals surface area contributed by atoms with Gasteiger partial charge in [-0.15, -0.1) is 0 Å². The van der Waals surface area contributed by atoms with E-state index in [-0.39, 0.29) is 17.6 Å². The van der Waals surface area contributed by atoms with Gasteiger partial charge in [0.1, 0.15) is 11.6 Å². The maximum absolute atomic E-state index is 13.9. The van der Waals surface area contributed by atoms with E-state index in [0.29, 0.717) is 48.8 Å². The van der Waals surface area contributed by atoms with Crippen molar-refractivity contribution < 1.29 is 14.0 Å². The summed E-state index contributed by atoms with van der Waals surface area (Å²) < 4.78 is 13.9. The fourth-order valence-corrected chi connectivity index (χ4v) is 2.87. The molecule has 6 nitrogen and oxygen atoms in total. The van der Waals surface area contributed by atoms with Gasteiger partial charge in [0.25, 0.3) is 5.91 Å². The molecule has 2 amide bonds. The number of carbonyl (C=O) groups excluding carboxylic acids is 2. The molecule has 0 atom stereocenters. The Kier molecular flexibility index (Phi) is 5.16. The molecule has 0 unspecified atom stereocenters. The summed E-state index contributed by atoms with van der Waals surface area (Å²) in [5, 5.41) is 5.78. The Morgan fingerprint density at radius 2 is 2.12 bits per heavy atom. The summed E-state index contributed by atoms with van der Waals surface area (Å²) >= 11 is 0. The molecule has 2 heterocycles. The molecule has 7 heteroatoms. The van der Waals surface area contributed by atoms with E-state index in [0.717, 1.165) is 5.56 Å². The van der Waals surface area contributed by atoms with Crippen LogP contribution in [-0.4, -0.2) is 34.8 Å². The Balaban J connectivity index is 1.63. The summed E-state index contributed by atoms with van der Waals surface area (Å²) in [6, 6.07) is 8.57. The fourth-order valence-electron chi connectivity index (χ4n) is 2.87. The molecule has 3 rings (SSSR count). The molecule has 0 saturated heterocycles. The largest absolute Gasteiger partial charge is 0.366 e. The number of hydrogen-bond donors (Lipinski definition) is 2. The van der Waals surface area contributed by atoms with Gasteiger partial charge in [-0.25, -0.2) is 9.37 Å². The van der Waals surface area contributed by atoms with Crippen LogP contribution in [0.1, 0.15) is 34.1 Å². The van der Waals surface area contributed by atoms with Crippen molar-refractivity contribution in [3.05, 3.63) is 58.5 Å². The first-order chi connectivity index (χ1) is 12.4. The van der Waals surface area contributed by atoms with Gasteiger partial charge in [-0.1, -0.05) is 12.1 Å². The van der Waals surface area contributed by atoms with E-state index in [2.05, 4.69) is 15.6 Å². The highest BCUT2D eigenvalue weighted by molar-refractivity contribution is 5.98. The topological polar surface area (TPSA) is 74.3 Å².